The number of para-hydroxylation sites is 1. The molecule has 100 valence electrons. The van der Waals surface area contributed by atoms with E-state index in [4.69, 9.17) is 10.5 Å². The minimum atomic E-state index is 0.00273. The van der Waals surface area contributed by atoms with Crippen LogP contribution in [0.1, 0.15) is 0 Å². The molecule has 0 radical (unpaired) electrons. The monoisotopic (exact) mass is 293 g/mol. The summed E-state index contributed by atoms with van der Waals surface area (Å²) in [5.74, 6) is 0. The first kappa shape index (κ1) is 12.8. The second-order valence-corrected chi connectivity index (χ2v) is 4.89. The lowest BCUT2D eigenvalue weighted by molar-refractivity contribution is 0.960. The highest BCUT2D eigenvalue weighted by atomic mass is 32.1. The number of nitrogens with one attached hydrogen (secondary N) is 1. The molecule has 0 saturated heterocycles. The van der Waals surface area contributed by atoms with Crippen molar-refractivity contribution in [3.63, 3.8) is 0 Å². The Bertz CT molecular complexity index is 862. The number of fused-ring (bicyclic) bond motifs is 1. The van der Waals surface area contributed by atoms with Crippen LogP contribution < -0.4 is 5.32 Å². The van der Waals surface area contributed by atoms with E-state index in [-0.39, 0.29) is 5.57 Å². The molecule has 3 rings (SSSR count). The van der Waals surface area contributed by atoms with Gasteiger partial charge in [0.25, 0.3) is 0 Å². The predicted molar refractivity (Wildman–Crippen MR) is 77.0 cm³/mol. The number of aromatic nitrogens is 4. The summed E-state index contributed by atoms with van der Waals surface area (Å²) < 4.78 is 1.60. The summed E-state index contributed by atoms with van der Waals surface area (Å²) in [5, 5.41) is 33.3. The Labute approximate surface area is 123 Å². The minimum absolute atomic E-state index is 0.00273. The zero-order valence-electron chi connectivity index (χ0n) is 10.6. The highest BCUT2D eigenvalue weighted by Gasteiger charge is 2.11. The van der Waals surface area contributed by atoms with E-state index in [1.165, 1.54) is 23.9 Å². The number of benzene rings is 1. The Morgan fingerprint density at radius 1 is 1.29 bits per heavy atom. The fraction of sp³-hybridized carbons (Fsp3) is 0. The van der Waals surface area contributed by atoms with Crippen molar-refractivity contribution in [2.75, 3.05) is 5.32 Å². The first-order valence-corrected chi connectivity index (χ1v) is 6.66. The van der Waals surface area contributed by atoms with Gasteiger partial charge >= 0.3 is 0 Å². The van der Waals surface area contributed by atoms with Gasteiger partial charge in [0.1, 0.15) is 29.0 Å². The summed E-state index contributed by atoms with van der Waals surface area (Å²) in [4.78, 5) is 0.699. The van der Waals surface area contributed by atoms with Crippen molar-refractivity contribution in [2.24, 2.45) is 0 Å². The van der Waals surface area contributed by atoms with E-state index in [0.29, 0.717) is 4.96 Å². The quantitative estimate of drug-likeness (QED) is 0.742. The van der Waals surface area contributed by atoms with Crippen LogP contribution in [0.5, 0.6) is 0 Å². The van der Waals surface area contributed by atoms with Crippen molar-refractivity contribution in [1.29, 1.82) is 10.5 Å². The molecule has 2 heterocycles. The minimum Gasteiger partial charge on any atom is -0.359 e. The molecule has 0 unspecified atom stereocenters. The third-order valence-electron chi connectivity index (χ3n) is 2.66. The Kier molecular flexibility index (Phi) is 3.29. The summed E-state index contributed by atoms with van der Waals surface area (Å²) in [7, 11) is 0. The summed E-state index contributed by atoms with van der Waals surface area (Å²) in [5.41, 5.74) is 1.62. The molecular formula is C13H7N7S. The van der Waals surface area contributed by atoms with Crippen LogP contribution >= 0.6 is 11.3 Å². The van der Waals surface area contributed by atoms with Crippen LogP contribution in [0.3, 0.4) is 0 Å². The summed E-state index contributed by atoms with van der Waals surface area (Å²) in [6.45, 7) is 0. The molecule has 1 aromatic carbocycles. The number of hydrogen-bond donors (Lipinski definition) is 1. The SMILES string of the molecule is N#CC(C#N)=CNc1ccccc1-c1nn2cnnc2s1. The molecule has 7 nitrogen and oxygen atoms in total. The summed E-state index contributed by atoms with van der Waals surface area (Å²) in [6.07, 6.45) is 2.91. The molecule has 0 amide bonds. The number of anilines is 1. The summed E-state index contributed by atoms with van der Waals surface area (Å²) >= 11 is 1.40. The van der Waals surface area contributed by atoms with Gasteiger partial charge in [0, 0.05) is 17.5 Å². The molecule has 0 aliphatic carbocycles. The zero-order valence-corrected chi connectivity index (χ0v) is 11.4. The van der Waals surface area contributed by atoms with E-state index in [2.05, 4.69) is 20.6 Å². The second kappa shape index (κ2) is 5.41. The van der Waals surface area contributed by atoms with Gasteiger partial charge in [-0.1, -0.05) is 23.5 Å². The summed E-state index contributed by atoms with van der Waals surface area (Å²) in [6, 6.07) is 11.1. The molecule has 3 aromatic rings. The normalized spacial score (nSPS) is 9.81. The van der Waals surface area contributed by atoms with Crippen molar-refractivity contribution < 1.29 is 0 Å². The molecule has 0 fully saturated rings. The van der Waals surface area contributed by atoms with Crippen molar-refractivity contribution in [3.05, 3.63) is 42.4 Å². The molecule has 1 N–H and O–H groups in total. The molecule has 0 bridgehead atoms. The number of rotatable bonds is 3. The van der Waals surface area contributed by atoms with E-state index in [0.717, 1.165) is 16.3 Å². The van der Waals surface area contributed by atoms with E-state index >= 15 is 0 Å². The maximum atomic E-state index is 8.75. The largest absolute Gasteiger partial charge is 0.359 e. The number of allylic oxidation sites excluding steroid dienone is 1. The standard InChI is InChI=1S/C13H7N7S/c14-5-9(6-15)7-16-11-4-2-1-3-10(11)12-19-20-8-17-18-13(20)21-12/h1-4,7-8,16H. The molecule has 0 saturated carbocycles. The Hall–Kier alpha value is -3.23. The van der Waals surface area contributed by atoms with Crippen LogP contribution in [0.25, 0.3) is 15.5 Å². The van der Waals surface area contributed by atoms with E-state index < -0.39 is 0 Å². The van der Waals surface area contributed by atoms with Gasteiger partial charge < -0.3 is 5.32 Å². The zero-order chi connectivity index (χ0) is 14.7. The average molecular weight is 293 g/mol. The van der Waals surface area contributed by atoms with Gasteiger partial charge in [-0.05, 0) is 12.1 Å². The fourth-order valence-electron chi connectivity index (χ4n) is 1.70. The van der Waals surface area contributed by atoms with Gasteiger partial charge in [-0.15, -0.1) is 10.2 Å². The predicted octanol–water partition coefficient (Wildman–Crippen LogP) is 2.20. The lowest BCUT2D eigenvalue weighted by atomic mass is 10.2. The molecular weight excluding hydrogens is 286 g/mol. The smallest absolute Gasteiger partial charge is 0.234 e. The van der Waals surface area contributed by atoms with Gasteiger partial charge in [-0.25, -0.2) is 0 Å². The Balaban J connectivity index is 2.00. The van der Waals surface area contributed by atoms with Crippen LogP contribution in [0.15, 0.2) is 42.4 Å². The Morgan fingerprint density at radius 3 is 2.86 bits per heavy atom. The van der Waals surface area contributed by atoms with E-state index in [1.54, 1.807) is 16.7 Å². The van der Waals surface area contributed by atoms with Gasteiger partial charge in [-0.3, -0.25) is 0 Å². The maximum Gasteiger partial charge on any atom is 0.234 e. The third kappa shape index (κ3) is 2.43. The molecule has 0 aliphatic heterocycles. The van der Waals surface area contributed by atoms with Crippen LogP contribution in [-0.4, -0.2) is 19.8 Å². The van der Waals surface area contributed by atoms with Crippen molar-refractivity contribution in [3.8, 4) is 22.7 Å². The van der Waals surface area contributed by atoms with Crippen LogP contribution in [0.4, 0.5) is 5.69 Å². The molecule has 0 aliphatic rings. The van der Waals surface area contributed by atoms with Crippen LogP contribution in [0, 0.1) is 22.7 Å². The van der Waals surface area contributed by atoms with Gasteiger partial charge in [0.05, 0.1) is 0 Å². The van der Waals surface area contributed by atoms with Crippen molar-refractivity contribution >= 4 is 22.0 Å². The van der Waals surface area contributed by atoms with Gasteiger partial charge in [-0.2, -0.15) is 20.1 Å². The fourth-order valence-corrected chi connectivity index (χ4v) is 2.56. The van der Waals surface area contributed by atoms with Crippen molar-refractivity contribution in [2.45, 2.75) is 0 Å². The van der Waals surface area contributed by atoms with E-state index in [1.807, 2.05) is 24.3 Å². The highest BCUT2D eigenvalue weighted by molar-refractivity contribution is 7.19. The van der Waals surface area contributed by atoms with Crippen molar-refractivity contribution in [1.82, 2.24) is 19.8 Å². The maximum absolute atomic E-state index is 8.75. The second-order valence-electron chi connectivity index (χ2n) is 3.94. The van der Waals surface area contributed by atoms with Crippen LogP contribution in [-0.2, 0) is 0 Å². The van der Waals surface area contributed by atoms with Crippen LogP contribution in [0.2, 0.25) is 0 Å². The number of nitrogens with zero attached hydrogens (tertiary/aromatic N) is 6. The number of nitriles is 2. The molecule has 2 aromatic heterocycles. The molecule has 0 spiro atoms. The topological polar surface area (TPSA) is 103 Å². The Morgan fingerprint density at radius 2 is 2.10 bits per heavy atom. The average Bonchev–Trinajstić information content (AvgIpc) is 3.10. The third-order valence-corrected chi connectivity index (χ3v) is 3.60. The molecule has 8 heteroatoms. The lowest BCUT2D eigenvalue weighted by Crippen LogP contribution is -1.93. The lowest BCUT2D eigenvalue weighted by Gasteiger charge is -2.05. The first-order valence-electron chi connectivity index (χ1n) is 5.85. The molecule has 0 atom stereocenters. The highest BCUT2D eigenvalue weighted by Crippen LogP contribution is 2.31. The number of hydrogen-bond acceptors (Lipinski definition) is 7. The van der Waals surface area contributed by atoms with E-state index in [9.17, 15) is 0 Å². The van der Waals surface area contributed by atoms with Gasteiger partial charge in [0.15, 0.2) is 0 Å². The first-order chi connectivity index (χ1) is 10.3. The molecule has 21 heavy (non-hydrogen) atoms. The van der Waals surface area contributed by atoms with Gasteiger partial charge in [0.2, 0.25) is 4.96 Å².